The second kappa shape index (κ2) is 6.37. The highest BCUT2D eigenvalue weighted by Gasteiger charge is 2.39. The molecule has 7 heteroatoms. The van der Waals surface area contributed by atoms with Crippen molar-refractivity contribution < 1.29 is 27.8 Å². The van der Waals surface area contributed by atoms with Gasteiger partial charge >= 0.3 is 6.18 Å². The summed E-state index contributed by atoms with van der Waals surface area (Å²) in [5.41, 5.74) is -1.84. The van der Waals surface area contributed by atoms with Gasteiger partial charge < -0.3 is 14.7 Å². The normalized spacial score (nSPS) is 24.2. The van der Waals surface area contributed by atoms with Crippen molar-refractivity contribution in [3.05, 3.63) is 35.4 Å². The van der Waals surface area contributed by atoms with Gasteiger partial charge in [-0.1, -0.05) is 12.1 Å². The smallest absolute Gasteiger partial charge is 0.385 e. The van der Waals surface area contributed by atoms with Gasteiger partial charge in [-0.2, -0.15) is 13.2 Å². The van der Waals surface area contributed by atoms with Crippen molar-refractivity contribution in [1.29, 1.82) is 0 Å². The Bertz CT molecular complexity index is 603. The van der Waals surface area contributed by atoms with Crippen molar-refractivity contribution in [1.82, 2.24) is 4.90 Å². The van der Waals surface area contributed by atoms with Crippen LogP contribution in [0.5, 0.6) is 0 Å². The topological polar surface area (TPSA) is 49.8 Å². The maximum Gasteiger partial charge on any atom is 0.416 e. The Kier molecular flexibility index (Phi) is 4.57. The van der Waals surface area contributed by atoms with E-state index in [1.165, 1.54) is 12.1 Å². The number of carbonyl (C=O) groups is 1. The van der Waals surface area contributed by atoms with Crippen LogP contribution in [-0.2, 0) is 21.3 Å². The van der Waals surface area contributed by atoms with Gasteiger partial charge in [-0.15, -0.1) is 0 Å². The number of nitrogens with zero attached hydrogens (tertiary/aromatic N) is 1. The molecule has 2 saturated heterocycles. The molecule has 1 amide bonds. The number of hydrogen-bond donors (Lipinski definition) is 1. The van der Waals surface area contributed by atoms with Crippen molar-refractivity contribution >= 4 is 5.91 Å². The van der Waals surface area contributed by atoms with E-state index < -0.39 is 17.3 Å². The lowest BCUT2D eigenvalue weighted by Gasteiger charge is -2.39. The number of rotatable bonds is 2. The van der Waals surface area contributed by atoms with Crippen LogP contribution in [0.15, 0.2) is 24.3 Å². The molecule has 2 heterocycles. The number of alkyl halides is 3. The molecular weight excluding hydrogens is 323 g/mol. The average Bonchev–Trinajstić information content (AvgIpc) is 3.09. The summed E-state index contributed by atoms with van der Waals surface area (Å²) in [5, 5.41) is 10.8. The zero-order chi connectivity index (χ0) is 17.4. The first-order chi connectivity index (χ1) is 11.3. The summed E-state index contributed by atoms with van der Waals surface area (Å²) < 4.78 is 43.8. The van der Waals surface area contributed by atoms with E-state index >= 15 is 0 Å². The number of hydrogen-bond acceptors (Lipinski definition) is 3. The third kappa shape index (κ3) is 3.42. The largest absolute Gasteiger partial charge is 0.416 e. The average molecular weight is 343 g/mol. The Morgan fingerprint density at radius 2 is 2.00 bits per heavy atom. The second-order valence-electron chi connectivity index (χ2n) is 6.50. The van der Waals surface area contributed by atoms with E-state index in [1.54, 1.807) is 4.90 Å². The van der Waals surface area contributed by atoms with Crippen LogP contribution in [-0.4, -0.2) is 42.2 Å². The maximum absolute atomic E-state index is 12.9. The van der Waals surface area contributed by atoms with E-state index in [0.29, 0.717) is 32.7 Å². The van der Waals surface area contributed by atoms with Crippen LogP contribution >= 0.6 is 0 Å². The molecule has 0 spiro atoms. The molecule has 2 aliphatic rings. The van der Waals surface area contributed by atoms with E-state index in [9.17, 15) is 23.1 Å². The van der Waals surface area contributed by atoms with Gasteiger partial charge in [0.15, 0.2) is 0 Å². The predicted molar refractivity (Wildman–Crippen MR) is 80.1 cm³/mol. The molecule has 0 radical (unpaired) electrons. The monoisotopic (exact) mass is 343 g/mol. The molecule has 2 aliphatic heterocycles. The molecule has 24 heavy (non-hydrogen) atoms. The van der Waals surface area contributed by atoms with E-state index in [-0.39, 0.29) is 30.2 Å². The van der Waals surface area contributed by atoms with Crippen molar-refractivity contribution in [2.75, 3.05) is 26.3 Å². The second-order valence-corrected chi connectivity index (χ2v) is 6.50. The Balaban J connectivity index is 1.69. The fourth-order valence-corrected chi connectivity index (χ4v) is 3.36. The van der Waals surface area contributed by atoms with Gasteiger partial charge in [-0.3, -0.25) is 4.79 Å². The summed E-state index contributed by atoms with van der Waals surface area (Å²) >= 11 is 0. The van der Waals surface area contributed by atoms with E-state index in [0.717, 1.165) is 12.1 Å². The summed E-state index contributed by atoms with van der Waals surface area (Å²) in [7, 11) is 0. The standard InChI is InChI=1S/C17H20F3NO3/c18-17(19,20)14-3-1-2-13(10-14)16(23)5-7-21(8-6-16)15(22)12-4-9-24-11-12/h1-3,10,12,23H,4-9,11H2/t12-/m0/s1. The number of halogens is 3. The van der Waals surface area contributed by atoms with Crippen molar-refractivity contribution in [2.45, 2.75) is 31.0 Å². The van der Waals surface area contributed by atoms with Crippen LogP contribution in [0.3, 0.4) is 0 Å². The van der Waals surface area contributed by atoms with Crippen LogP contribution < -0.4 is 0 Å². The highest BCUT2D eigenvalue weighted by molar-refractivity contribution is 5.79. The van der Waals surface area contributed by atoms with E-state index in [4.69, 9.17) is 4.74 Å². The minimum atomic E-state index is -4.44. The Labute approximate surface area is 138 Å². The van der Waals surface area contributed by atoms with Crippen molar-refractivity contribution in [3.63, 3.8) is 0 Å². The minimum absolute atomic E-state index is 0.0126. The van der Waals surface area contributed by atoms with Gasteiger partial charge in [0.1, 0.15) is 0 Å². The van der Waals surface area contributed by atoms with Gasteiger partial charge in [0.05, 0.1) is 23.7 Å². The highest BCUT2D eigenvalue weighted by atomic mass is 19.4. The van der Waals surface area contributed by atoms with Crippen LogP contribution in [0.4, 0.5) is 13.2 Å². The first kappa shape index (κ1) is 17.2. The molecule has 1 N–H and O–H groups in total. The third-order valence-corrected chi connectivity index (χ3v) is 4.91. The van der Waals surface area contributed by atoms with Gasteiger partial charge in [0.25, 0.3) is 0 Å². The first-order valence-corrected chi connectivity index (χ1v) is 8.06. The number of benzene rings is 1. The molecule has 132 valence electrons. The Hall–Kier alpha value is -1.60. The van der Waals surface area contributed by atoms with Crippen LogP contribution in [0.2, 0.25) is 0 Å². The molecule has 2 fully saturated rings. The number of likely N-dealkylation sites (tertiary alicyclic amines) is 1. The predicted octanol–water partition coefficient (Wildman–Crippen LogP) is 2.55. The quantitative estimate of drug-likeness (QED) is 0.898. The Morgan fingerprint density at radius 1 is 1.29 bits per heavy atom. The molecule has 0 unspecified atom stereocenters. The molecule has 1 atom stereocenters. The first-order valence-electron chi connectivity index (χ1n) is 8.06. The van der Waals surface area contributed by atoms with Crippen molar-refractivity contribution in [3.8, 4) is 0 Å². The summed E-state index contributed by atoms with van der Waals surface area (Å²) in [5.74, 6) is -0.122. The molecule has 1 aromatic rings. The molecular formula is C17H20F3NO3. The SMILES string of the molecule is O=C([C@H]1CCOC1)N1CCC(O)(c2cccc(C(F)(F)F)c2)CC1. The van der Waals surface area contributed by atoms with Gasteiger partial charge in [0, 0.05) is 19.7 Å². The molecule has 0 saturated carbocycles. The molecule has 0 aliphatic carbocycles. The van der Waals surface area contributed by atoms with E-state index in [2.05, 4.69) is 0 Å². The zero-order valence-electron chi connectivity index (χ0n) is 13.2. The minimum Gasteiger partial charge on any atom is -0.385 e. The number of aliphatic hydroxyl groups is 1. The number of carbonyl (C=O) groups excluding carboxylic acids is 1. The number of amides is 1. The van der Waals surface area contributed by atoms with E-state index in [1.807, 2.05) is 0 Å². The third-order valence-electron chi connectivity index (χ3n) is 4.91. The molecule has 1 aromatic carbocycles. The number of ether oxygens (including phenoxy) is 1. The fourth-order valence-electron chi connectivity index (χ4n) is 3.36. The maximum atomic E-state index is 12.9. The summed E-state index contributed by atoms with van der Waals surface area (Å²) in [6.45, 7) is 1.68. The molecule has 0 bridgehead atoms. The van der Waals surface area contributed by atoms with Crippen LogP contribution in [0, 0.1) is 5.92 Å². The Morgan fingerprint density at radius 3 is 2.58 bits per heavy atom. The highest BCUT2D eigenvalue weighted by Crippen LogP contribution is 2.37. The van der Waals surface area contributed by atoms with Gasteiger partial charge in [-0.05, 0) is 37.0 Å². The lowest BCUT2D eigenvalue weighted by molar-refractivity contribution is -0.140. The lowest BCUT2D eigenvalue weighted by atomic mass is 9.83. The summed E-state index contributed by atoms with van der Waals surface area (Å²) in [6.07, 6.45) is -3.28. The zero-order valence-corrected chi connectivity index (χ0v) is 13.2. The molecule has 3 rings (SSSR count). The fraction of sp³-hybridized carbons (Fsp3) is 0.588. The van der Waals surface area contributed by atoms with Gasteiger partial charge in [0.2, 0.25) is 5.91 Å². The number of piperidine rings is 1. The summed E-state index contributed by atoms with van der Waals surface area (Å²) in [6, 6.07) is 4.81. The van der Waals surface area contributed by atoms with Crippen LogP contribution in [0.1, 0.15) is 30.4 Å². The summed E-state index contributed by atoms with van der Waals surface area (Å²) in [4.78, 5) is 14.0. The lowest BCUT2D eigenvalue weighted by Crippen LogP contribution is -2.47. The van der Waals surface area contributed by atoms with Crippen molar-refractivity contribution in [2.24, 2.45) is 5.92 Å². The molecule has 4 nitrogen and oxygen atoms in total. The van der Waals surface area contributed by atoms with Crippen LogP contribution in [0.25, 0.3) is 0 Å². The molecule has 0 aromatic heterocycles. The van der Waals surface area contributed by atoms with Gasteiger partial charge in [-0.25, -0.2) is 0 Å².